The lowest BCUT2D eigenvalue weighted by molar-refractivity contribution is -0.277. The van der Waals surface area contributed by atoms with Crippen LogP contribution in [0.3, 0.4) is 0 Å². The Morgan fingerprint density at radius 3 is 1.01 bits per heavy atom. The van der Waals surface area contributed by atoms with E-state index in [0.717, 1.165) is 51.3 Å². The number of nitrogens with one attached hydrogen (secondary N) is 5. The molecule has 3 saturated heterocycles. The molecule has 3 aliphatic rings. The number of ether oxygens (including phenoxy) is 14. The first-order valence-electron chi connectivity index (χ1n) is 43.6. The third-order valence-electron chi connectivity index (χ3n) is 21.0. The summed E-state index contributed by atoms with van der Waals surface area (Å²) in [5.74, 6) is -7.41. The summed E-state index contributed by atoms with van der Waals surface area (Å²) in [6.45, 7) is 14.9. The lowest BCUT2D eigenvalue weighted by atomic mass is 9.75. The molecule has 6 N–H and O–H groups in total. The summed E-state index contributed by atoms with van der Waals surface area (Å²) in [4.78, 5) is 180. The predicted octanol–water partition coefficient (Wildman–Crippen LogP) is 6.20. The molecule has 3 aromatic carbocycles. The number of amides is 6. The van der Waals surface area contributed by atoms with E-state index in [9.17, 15) is 72.2 Å². The Morgan fingerprint density at radius 2 is 0.643 bits per heavy atom. The number of aliphatic hydroxyl groups is 1. The molecule has 126 heavy (non-hydrogen) atoms. The van der Waals surface area contributed by atoms with Gasteiger partial charge in [0.25, 0.3) is 0 Å². The van der Waals surface area contributed by atoms with Crippen molar-refractivity contribution in [2.75, 3.05) is 78.9 Å². The second-order valence-corrected chi connectivity index (χ2v) is 31.5. The monoisotopic (exact) mass is 1770 g/mol. The van der Waals surface area contributed by atoms with Gasteiger partial charge in [0.15, 0.2) is 49.4 Å². The van der Waals surface area contributed by atoms with Gasteiger partial charge in [-0.3, -0.25) is 72.0 Å². The van der Waals surface area contributed by atoms with Crippen molar-refractivity contribution >= 4 is 83.2 Å². The molecule has 3 aromatic rings. The Morgan fingerprint density at radius 1 is 0.341 bits per heavy atom. The molecule has 3 heterocycles. The lowest BCUT2D eigenvalue weighted by Crippen LogP contribution is -2.66. The lowest BCUT2D eigenvalue weighted by Gasteiger charge is -2.46. The van der Waals surface area contributed by atoms with Crippen LogP contribution >= 0.6 is 0 Å². The number of esters is 8. The van der Waals surface area contributed by atoms with Crippen LogP contribution in [-0.2, 0) is 139 Å². The summed E-state index contributed by atoms with van der Waals surface area (Å²) in [5.41, 5.74) is 2.24. The van der Waals surface area contributed by atoms with E-state index in [1.807, 2.05) is 59.5 Å². The van der Waals surface area contributed by atoms with Crippen molar-refractivity contribution in [3.8, 4) is 0 Å². The molecule has 0 saturated carbocycles. The molecule has 36 heteroatoms. The maximum absolute atomic E-state index is 14.6. The number of unbranched alkanes of at least 4 members (excludes halogenated alkanes) is 10. The van der Waals surface area contributed by atoms with E-state index in [2.05, 4.69) is 67.9 Å². The summed E-state index contributed by atoms with van der Waals surface area (Å²) >= 11 is 0. The van der Waals surface area contributed by atoms with Crippen molar-refractivity contribution in [1.82, 2.24) is 36.4 Å². The van der Waals surface area contributed by atoms with Crippen molar-refractivity contribution < 1.29 is 139 Å². The fraction of sp³-hybridized carbons (Fsp3) is 0.644. The Balaban J connectivity index is 1.10. The van der Waals surface area contributed by atoms with Crippen LogP contribution in [0.15, 0.2) is 91.0 Å². The van der Waals surface area contributed by atoms with E-state index in [1.54, 1.807) is 0 Å². The first-order valence-corrected chi connectivity index (χ1v) is 43.6. The molecule has 3 fully saturated rings. The van der Waals surface area contributed by atoms with Crippen molar-refractivity contribution in [3.05, 3.63) is 108 Å². The van der Waals surface area contributed by atoms with Gasteiger partial charge >= 0.3 is 47.8 Å². The van der Waals surface area contributed by atoms with Gasteiger partial charge in [0.1, 0.15) is 62.4 Å². The summed E-state index contributed by atoms with van der Waals surface area (Å²) in [5, 5.41) is 25.4. The number of aliphatic hydroxyl groups excluding tert-OH is 1. The van der Waals surface area contributed by atoms with Gasteiger partial charge in [-0.15, -0.1) is 0 Å². The van der Waals surface area contributed by atoms with Gasteiger partial charge in [-0.2, -0.15) is 0 Å². The van der Waals surface area contributed by atoms with Crippen molar-refractivity contribution in [1.29, 1.82) is 0 Å². The summed E-state index contributed by atoms with van der Waals surface area (Å²) in [6.07, 6.45) is -4.86. The molecule has 0 aromatic heterocycles. The minimum absolute atomic E-state index is 0.0680. The predicted molar refractivity (Wildman–Crippen MR) is 451 cm³/mol. The average Bonchev–Trinajstić information content (AvgIpc) is 0.738. The van der Waals surface area contributed by atoms with Gasteiger partial charge in [0.05, 0.1) is 5.54 Å². The van der Waals surface area contributed by atoms with E-state index in [-0.39, 0.29) is 76.6 Å². The Hall–Kier alpha value is -10.1. The molecule has 36 nitrogen and oxygen atoms in total. The number of nitrogens with zero attached hydrogens (tertiary/aromatic N) is 2. The van der Waals surface area contributed by atoms with Crippen LogP contribution in [-0.4, -0.2) is 269 Å². The molecule has 0 radical (unpaired) electrons. The van der Waals surface area contributed by atoms with Crippen molar-refractivity contribution in [3.63, 3.8) is 0 Å². The second-order valence-electron chi connectivity index (χ2n) is 31.5. The third-order valence-corrected chi connectivity index (χ3v) is 21.0. The molecule has 0 aliphatic carbocycles. The highest BCUT2D eigenvalue weighted by atomic mass is 16.7. The zero-order valence-electron chi connectivity index (χ0n) is 74.5. The number of carbonyl (C=O) groups excluding carboxylic acids is 14. The maximum Gasteiger partial charge on any atom is 0.303 e. The molecule has 0 spiro atoms. The Bertz CT molecular complexity index is 3830. The number of benzene rings is 3. The first kappa shape index (κ1) is 105. The smallest absolute Gasteiger partial charge is 0.303 e. The first-order chi connectivity index (χ1) is 60.3. The molecule has 15 atom stereocenters. The quantitative estimate of drug-likeness (QED) is 0.0158. The third kappa shape index (κ3) is 36.3. The fourth-order valence-corrected chi connectivity index (χ4v) is 15.6. The van der Waals surface area contributed by atoms with Crippen LogP contribution < -0.4 is 26.6 Å². The number of hydrogen-bond donors (Lipinski definition) is 6. The molecule has 6 unspecified atom stereocenters. The Kier molecular flexibility index (Phi) is 46.7. The molecular formula is C90H131N7O29. The minimum atomic E-state index is -1.48. The SMILES string of the molecule is CC(=O)NC1[C@H](OCCCCCCC(=O)N(CCCCN(CCCNC(=O)CCCCCCO[C@@H]2OC(COC(C)=O)[C@H](OC(C)=O)[C@H](OC(C)=O)C2NC(C)=O)C(c2ccccc2)(c2ccccc2)c2ccccc2)CCCNC(=O)CCCCCCO[C@@H]2OC(COC(C)=O)[C@H](OC(C)=O)[C@H](OC(C)=O)C2NC(C)=O)OC(COC(C)=O)[C@H](O)[C@@H]1OC(C)=O. The molecule has 700 valence electrons. The van der Waals surface area contributed by atoms with Crippen molar-refractivity contribution in [2.24, 2.45) is 0 Å². The van der Waals surface area contributed by atoms with Gasteiger partial charge < -0.3 is 103 Å². The molecule has 6 rings (SSSR count). The van der Waals surface area contributed by atoms with Gasteiger partial charge in [-0.05, 0) is 87.4 Å². The largest absolute Gasteiger partial charge is 0.463 e. The summed E-state index contributed by atoms with van der Waals surface area (Å²) < 4.78 is 79.8. The standard InChI is InChI=1S/C90H131N7O29/c1-58(98)93-78-84(121-66(9)106)81(112)72(55-116-61(4)101)124-87(78)113-52-34-17-14-29-45-77(111)96(49-35-46-91-75(109)43-27-12-15-32-53-114-88-79(94-59(2)99)85(122-67(10)107)82(119-64(7)104)73(125-88)56-117-62(5)102)48-30-31-50-97(90(69-37-21-18-22-38-69,70-39-23-19-24-40-70)71-41-25-20-26-42-71)51-36-47-92-76(110)44-28-13-16-33-54-115-89-80(95-60(3)100)86(123-68(11)108)83(120-65(8)105)74(126-89)57-118-63(6)103/h18-26,37-42,72-74,78-89,112H,12-17,27-36,43-57H2,1-11H3,(H,91,109)(H,92,110)(H,93,98)(H,94,99)(H,95,100)/t72?,73?,74?,78?,79?,80?,81-,82-,83-,84+,85+,86+,87+,88+,89+/m0/s1. The molecule has 3 aliphatic heterocycles. The van der Waals surface area contributed by atoms with E-state index in [0.29, 0.717) is 142 Å². The van der Waals surface area contributed by atoms with E-state index < -0.39 is 163 Å². The zero-order valence-corrected chi connectivity index (χ0v) is 74.5. The highest BCUT2D eigenvalue weighted by Crippen LogP contribution is 2.43. The summed E-state index contributed by atoms with van der Waals surface area (Å²) in [7, 11) is 0. The van der Waals surface area contributed by atoms with Crippen LogP contribution in [0, 0.1) is 0 Å². The average molecular weight is 1780 g/mol. The van der Waals surface area contributed by atoms with Gasteiger partial charge in [0.2, 0.25) is 35.4 Å². The van der Waals surface area contributed by atoms with Gasteiger partial charge in [-0.1, -0.05) is 130 Å². The van der Waals surface area contributed by atoms with Crippen LogP contribution in [0.4, 0.5) is 0 Å². The van der Waals surface area contributed by atoms with Crippen LogP contribution in [0.25, 0.3) is 0 Å². The van der Waals surface area contributed by atoms with E-state index in [4.69, 9.17) is 66.3 Å². The highest BCUT2D eigenvalue weighted by Gasteiger charge is 2.54. The van der Waals surface area contributed by atoms with Gasteiger partial charge in [0, 0.05) is 148 Å². The topological polar surface area (TPSA) is 455 Å². The van der Waals surface area contributed by atoms with Crippen LogP contribution in [0.2, 0.25) is 0 Å². The number of carbonyl (C=O) groups is 14. The molecule has 6 amide bonds. The Labute approximate surface area is 737 Å². The summed E-state index contributed by atoms with van der Waals surface area (Å²) in [6, 6.07) is 27.5. The zero-order chi connectivity index (χ0) is 92.1. The second kappa shape index (κ2) is 56.2. The van der Waals surface area contributed by atoms with Crippen LogP contribution in [0.1, 0.15) is 215 Å². The number of rotatable bonds is 55. The van der Waals surface area contributed by atoms with E-state index >= 15 is 0 Å². The van der Waals surface area contributed by atoms with E-state index in [1.165, 1.54) is 41.5 Å². The number of hydrogen-bond acceptors (Lipinski definition) is 30. The minimum Gasteiger partial charge on any atom is -0.463 e. The van der Waals surface area contributed by atoms with Gasteiger partial charge in [-0.25, -0.2) is 0 Å². The maximum atomic E-state index is 14.6. The van der Waals surface area contributed by atoms with Crippen molar-refractivity contribution in [2.45, 2.75) is 296 Å². The normalized spacial score (nSPS) is 22.1. The fourth-order valence-electron chi connectivity index (χ4n) is 15.6. The molecular weight excluding hydrogens is 1640 g/mol. The molecule has 0 bridgehead atoms. The highest BCUT2D eigenvalue weighted by molar-refractivity contribution is 5.78. The van der Waals surface area contributed by atoms with Crippen LogP contribution in [0.5, 0.6) is 0 Å².